The first kappa shape index (κ1) is 30.8. The third-order valence-electron chi connectivity index (χ3n) is 8.14. The minimum absolute atomic E-state index is 0.0746. The van der Waals surface area contributed by atoms with Crippen LogP contribution in [0.1, 0.15) is 53.9 Å². The summed E-state index contributed by atoms with van der Waals surface area (Å²) < 4.78 is 42.9. The van der Waals surface area contributed by atoms with Crippen molar-refractivity contribution in [2.75, 3.05) is 36.4 Å². The van der Waals surface area contributed by atoms with Gasteiger partial charge >= 0.3 is 11.9 Å². The molecule has 4 heterocycles. The minimum Gasteiger partial charge on any atom is -0.362 e. The van der Waals surface area contributed by atoms with E-state index in [1.165, 1.54) is 28.6 Å². The summed E-state index contributed by atoms with van der Waals surface area (Å²) in [4.78, 5) is 62.5. The highest BCUT2D eigenvalue weighted by molar-refractivity contribution is 5.91. The maximum absolute atomic E-state index is 14.0. The zero-order valence-electron chi connectivity index (χ0n) is 25.1. The Morgan fingerprint density at radius 1 is 1.04 bits per heavy atom. The second-order valence-electron chi connectivity index (χ2n) is 11.1. The smallest absolute Gasteiger partial charge is 0.362 e. The maximum Gasteiger partial charge on any atom is 0.416 e. The number of aromatic amines is 1. The van der Waals surface area contributed by atoms with E-state index in [1.54, 1.807) is 4.57 Å². The number of nitrogens with one attached hydrogen (secondary N) is 2. The third kappa shape index (κ3) is 5.79. The van der Waals surface area contributed by atoms with Crippen LogP contribution in [0.3, 0.4) is 0 Å². The minimum atomic E-state index is -4.51. The summed E-state index contributed by atoms with van der Waals surface area (Å²) in [6.45, 7) is 2.59. The summed E-state index contributed by atoms with van der Waals surface area (Å²) in [6, 6.07) is 4.13. The van der Waals surface area contributed by atoms with Gasteiger partial charge in [-0.05, 0) is 55.5 Å². The highest BCUT2D eigenvalue weighted by Crippen LogP contribution is 2.30. The van der Waals surface area contributed by atoms with Gasteiger partial charge in [0.1, 0.15) is 12.2 Å². The van der Waals surface area contributed by atoms with Crippen LogP contribution in [0.25, 0.3) is 11.4 Å². The van der Waals surface area contributed by atoms with Gasteiger partial charge in [0.2, 0.25) is 17.5 Å². The SMILES string of the molecule is CCc1c(N2CCN(C(=O)c3nn(C)c(=O)[nH]3)CC2)c(=O)n2nc(C3=CCCC3)nc2n1CC(=O)Nc1ccc(C(F)(F)F)cc1. The number of aryl methyl sites for hydroxylation is 1. The van der Waals surface area contributed by atoms with Crippen LogP contribution >= 0.6 is 0 Å². The molecule has 2 amide bonds. The predicted molar refractivity (Wildman–Crippen MR) is 160 cm³/mol. The third-order valence-corrected chi connectivity index (χ3v) is 8.14. The molecule has 14 nitrogen and oxygen atoms in total. The van der Waals surface area contributed by atoms with Crippen LogP contribution in [0, 0.1) is 0 Å². The van der Waals surface area contributed by atoms with E-state index in [1.807, 2.05) is 17.9 Å². The molecule has 0 atom stereocenters. The van der Waals surface area contributed by atoms with E-state index in [0.717, 1.165) is 41.7 Å². The van der Waals surface area contributed by atoms with E-state index in [2.05, 4.69) is 25.5 Å². The highest BCUT2D eigenvalue weighted by atomic mass is 19.4. The summed E-state index contributed by atoms with van der Waals surface area (Å²) in [5, 5.41) is 11.1. The molecule has 0 radical (unpaired) electrons. The number of nitrogens with zero attached hydrogens (tertiary/aromatic N) is 8. The molecule has 1 saturated heterocycles. The molecule has 1 aliphatic heterocycles. The van der Waals surface area contributed by atoms with Gasteiger partial charge in [0, 0.05) is 38.9 Å². The first-order valence-corrected chi connectivity index (χ1v) is 14.8. The molecule has 0 spiro atoms. The average Bonchev–Trinajstić information content (AvgIpc) is 3.79. The number of halogens is 3. The molecule has 46 heavy (non-hydrogen) atoms. The number of fused-ring (bicyclic) bond motifs is 1. The Hall–Kier alpha value is -5.22. The molecular formula is C29H31F3N10O4. The summed E-state index contributed by atoms with van der Waals surface area (Å²) in [7, 11) is 1.43. The van der Waals surface area contributed by atoms with Crippen LogP contribution in [0.4, 0.5) is 24.5 Å². The Morgan fingerprint density at radius 3 is 2.35 bits per heavy atom. The monoisotopic (exact) mass is 640 g/mol. The van der Waals surface area contributed by atoms with Crippen molar-refractivity contribution in [3.63, 3.8) is 0 Å². The molecule has 17 heteroatoms. The molecule has 4 aromatic rings. The van der Waals surface area contributed by atoms with Crippen LogP contribution in [-0.4, -0.2) is 76.8 Å². The lowest BCUT2D eigenvalue weighted by molar-refractivity contribution is -0.137. The molecule has 0 bridgehead atoms. The average molecular weight is 641 g/mol. The largest absolute Gasteiger partial charge is 0.416 e. The van der Waals surface area contributed by atoms with Crippen molar-refractivity contribution >= 4 is 34.5 Å². The molecule has 1 fully saturated rings. The van der Waals surface area contributed by atoms with Gasteiger partial charge in [0.25, 0.3) is 11.5 Å². The number of piperazine rings is 1. The number of carbonyl (C=O) groups excluding carboxylic acids is 2. The van der Waals surface area contributed by atoms with E-state index >= 15 is 0 Å². The number of alkyl halides is 3. The summed E-state index contributed by atoms with van der Waals surface area (Å²) in [5.41, 5.74) is 0.159. The standard InChI is InChI=1S/C29H31F3N10O4/c1-3-20-22(39-12-14-40(15-13-39)26(45)24-35-28(46)38(2)36-24)25(44)42-27(34-23(37-42)17-6-4-5-7-17)41(20)16-21(43)33-19-10-8-18(9-11-19)29(30,31)32/h6,8-11H,3-5,7,12-16H2,1-2H3,(H,33,43)(H,35,36,46). The number of rotatable bonds is 7. The Balaban J connectivity index is 1.33. The van der Waals surface area contributed by atoms with E-state index in [4.69, 9.17) is 0 Å². The van der Waals surface area contributed by atoms with Crippen LogP contribution in [0.5, 0.6) is 0 Å². The van der Waals surface area contributed by atoms with Gasteiger partial charge in [-0.2, -0.15) is 22.7 Å². The molecule has 242 valence electrons. The lowest BCUT2D eigenvalue weighted by atomic mass is 10.2. The molecular weight excluding hydrogens is 609 g/mol. The van der Waals surface area contributed by atoms with E-state index < -0.39 is 34.8 Å². The highest BCUT2D eigenvalue weighted by Gasteiger charge is 2.31. The fraction of sp³-hybridized carbons (Fsp3) is 0.414. The van der Waals surface area contributed by atoms with Gasteiger partial charge in [-0.1, -0.05) is 13.0 Å². The molecule has 6 rings (SSSR count). The van der Waals surface area contributed by atoms with Crippen molar-refractivity contribution in [1.29, 1.82) is 0 Å². The molecule has 2 aliphatic rings. The second kappa shape index (κ2) is 11.9. The van der Waals surface area contributed by atoms with Gasteiger partial charge in [-0.25, -0.2) is 9.48 Å². The number of H-pyrrole nitrogens is 1. The predicted octanol–water partition coefficient (Wildman–Crippen LogP) is 2.06. The number of carbonyl (C=O) groups is 2. The molecule has 3 aromatic heterocycles. The zero-order valence-corrected chi connectivity index (χ0v) is 25.1. The Bertz CT molecular complexity index is 1960. The van der Waals surface area contributed by atoms with Gasteiger partial charge in [0.15, 0.2) is 5.82 Å². The van der Waals surface area contributed by atoms with Crippen molar-refractivity contribution < 1.29 is 22.8 Å². The number of anilines is 2. The number of amides is 2. The van der Waals surface area contributed by atoms with Crippen LogP contribution in [0.15, 0.2) is 39.9 Å². The Morgan fingerprint density at radius 2 is 1.76 bits per heavy atom. The fourth-order valence-electron chi connectivity index (χ4n) is 5.81. The topological polar surface area (TPSA) is 156 Å². The fourth-order valence-corrected chi connectivity index (χ4v) is 5.81. The number of allylic oxidation sites excluding steroid dienone is 2. The van der Waals surface area contributed by atoms with Crippen LogP contribution < -0.4 is 21.5 Å². The number of benzene rings is 1. The molecule has 0 unspecified atom stereocenters. The normalized spacial score (nSPS) is 15.5. The lowest BCUT2D eigenvalue weighted by Crippen LogP contribution is -2.51. The molecule has 2 N–H and O–H groups in total. The molecule has 0 saturated carbocycles. The second-order valence-corrected chi connectivity index (χ2v) is 11.1. The zero-order chi connectivity index (χ0) is 32.7. The summed E-state index contributed by atoms with van der Waals surface area (Å²) in [5.74, 6) is -0.481. The first-order chi connectivity index (χ1) is 21.9. The van der Waals surface area contributed by atoms with Crippen LogP contribution in [0.2, 0.25) is 0 Å². The van der Waals surface area contributed by atoms with Crippen LogP contribution in [-0.2, 0) is 31.0 Å². The van der Waals surface area contributed by atoms with Crippen molar-refractivity contribution in [1.82, 2.24) is 38.8 Å². The number of aromatic nitrogens is 7. The van der Waals surface area contributed by atoms with Crippen molar-refractivity contribution in [2.24, 2.45) is 7.05 Å². The summed E-state index contributed by atoms with van der Waals surface area (Å²) >= 11 is 0. The summed E-state index contributed by atoms with van der Waals surface area (Å²) in [6.07, 6.45) is 0.412. The Labute approximate surface area is 259 Å². The molecule has 1 aromatic carbocycles. The van der Waals surface area contributed by atoms with E-state index in [9.17, 15) is 32.3 Å². The quantitative estimate of drug-likeness (QED) is 0.311. The van der Waals surface area contributed by atoms with Crippen molar-refractivity contribution in [2.45, 2.75) is 45.3 Å². The number of hydrogen-bond acceptors (Lipinski definition) is 8. The lowest BCUT2D eigenvalue weighted by Gasteiger charge is -2.36. The van der Waals surface area contributed by atoms with E-state index in [-0.39, 0.29) is 50.0 Å². The van der Waals surface area contributed by atoms with Crippen molar-refractivity contribution in [3.05, 3.63) is 74.1 Å². The first-order valence-electron chi connectivity index (χ1n) is 14.8. The molecule has 1 aliphatic carbocycles. The van der Waals surface area contributed by atoms with Gasteiger partial charge in [-0.15, -0.1) is 10.2 Å². The Kier molecular flexibility index (Phi) is 7.99. The number of hydrogen-bond donors (Lipinski definition) is 2. The van der Waals surface area contributed by atoms with Gasteiger partial charge < -0.3 is 19.7 Å². The van der Waals surface area contributed by atoms with Crippen molar-refractivity contribution in [3.8, 4) is 0 Å². The van der Waals surface area contributed by atoms with Gasteiger partial charge in [0.05, 0.1) is 11.3 Å². The van der Waals surface area contributed by atoms with E-state index in [0.29, 0.717) is 23.6 Å². The van der Waals surface area contributed by atoms with Gasteiger partial charge in [-0.3, -0.25) is 19.4 Å². The maximum atomic E-state index is 14.0.